The van der Waals surface area contributed by atoms with Crippen LogP contribution in [0.3, 0.4) is 0 Å². The lowest BCUT2D eigenvalue weighted by Crippen LogP contribution is -2.25. The minimum absolute atomic E-state index is 0.0233. The average molecular weight is 546 g/mol. The molecule has 0 unspecified atom stereocenters. The number of aryl methyl sites for hydroxylation is 5. The molecular formula is C28H24BrN3O2S. The molecular weight excluding hydrogens is 522 g/mol. The summed E-state index contributed by atoms with van der Waals surface area (Å²) in [5.41, 5.74) is 7.54. The van der Waals surface area contributed by atoms with Gasteiger partial charge in [0.05, 0.1) is 22.3 Å². The summed E-state index contributed by atoms with van der Waals surface area (Å²) in [7, 11) is 0. The van der Waals surface area contributed by atoms with Gasteiger partial charge in [-0.15, -0.1) is 0 Å². The van der Waals surface area contributed by atoms with Crippen LogP contribution >= 0.6 is 27.3 Å². The molecule has 1 amide bonds. The second-order valence-electron chi connectivity index (χ2n) is 8.96. The number of carbonyl (C=O) groups excluding carboxylic acids is 1. The van der Waals surface area contributed by atoms with Crippen LogP contribution in [-0.4, -0.2) is 15.6 Å². The van der Waals surface area contributed by atoms with Gasteiger partial charge in [0.25, 0.3) is 5.91 Å². The number of hydrogen-bond donors (Lipinski definition) is 1. The number of aromatic hydroxyl groups is 1. The highest BCUT2D eigenvalue weighted by atomic mass is 79.9. The second-order valence-corrected chi connectivity index (χ2v) is 10.8. The Morgan fingerprint density at radius 1 is 0.914 bits per heavy atom. The van der Waals surface area contributed by atoms with Crippen LogP contribution in [0.2, 0.25) is 0 Å². The molecule has 1 aromatic heterocycles. The SMILES string of the molecule is Cc1cc(Br)c2c(c1)=C(c1sc(=Nc3ccc(C)c(C)c3)n(-c3ccc(C)c(C)c3)c1O)C(=O)N=2. The number of nitrogens with zero attached hydrogens (tertiary/aromatic N) is 3. The third-order valence-electron chi connectivity index (χ3n) is 6.39. The van der Waals surface area contributed by atoms with E-state index in [4.69, 9.17) is 4.99 Å². The molecule has 0 spiro atoms. The molecule has 7 heteroatoms. The molecule has 1 aliphatic rings. The topological polar surface area (TPSA) is 66.9 Å². The normalized spacial score (nSPS) is 13.4. The average Bonchev–Trinajstić information content (AvgIpc) is 3.28. The maximum absolute atomic E-state index is 13.1. The number of thiazole rings is 1. The molecule has 4 aromatic rings. The van der Waals surface area contributed by atoms with Crippen LogP contribution < -0.4 is 15.4 Å². The van der Waals surface area contributed by atoms with Crippen molar-refractivity contribution in [1.29, 1.82) is 0 Å². The van der Waals surface area contributed by atoms with Gasteiger partial charge in [0.15, 0.2) is 4.80 Å². The molecule has 0 bridgehead atoms. The van der Waals surface area contributed by atoms with Crippen LogP contribution in [0.25, 0.3) is 11.3 Å². The van der Waals surface area contributed by atoms with Gasteiger partial charge < -0.3 is 5.11 Å². The highest BCUT2D eigenvalue weighted by Crippen LogP contribution is 2.32. The predicted octanol–water partition coefficient (Wildman–Crippen LogP) is 5.14. The molecule has 0 fully saturated rings. The van der Waals surface area contributed by atoms with E-state index in [2.05, 4.69) is 41.7 Å². The van der Waals surface area contributed by atoms with Gasteiger partial charge >= 0.3 is 0 Å². The van der Waals surface area contributed by atoms with E-state index in [1.807, 2.05) is 62.4 Å². The summed E-state index contributed by atoms with van der Waals surface area (Å²) in [6.07, 6.45) is 0. The Labute approximate surface area is 215 Å². The summed E-state index contributed by atoms with van der Waals surface area (Å²) in [5, 5.41) is 12.8. The van der Waals surface area contributed by atoms with Gasteiger partial charge in [0.1, 0.15) is 4.88 Å². The van der Waals surface area contributed by atoms with E-state index >= 15 is 0 Å². The monoisotopic (exact) mass is 545 g/mol. The maximum Gasteiger partial charge on any atom is 0.279 e. The van der Waals surface area contributed by atoms with Crippen LogP contribution in [0, 0.1) is 34.6 Å². The number of rotatable bonds is 3. The zero-order chi connectivity index (χ0) is 25.0. The predicted molar refractivity (Wildman–Crippen MR) is 143 cm³/mol. The highest BCUT2D eigenvalue weighted by Gasteiger charge is 2.27. The maximum atomic E-state index is 13.1. The number of aromatic nitrogens is 1. The molecule has 3 aromatic carbocycles. The standard InChI is InChI=1S/C28H24BrN3O2S/c1-14-10-21-23(26(33)31-24(21)22(29)11-14)25-27(34)32(20-9-7-16(3)18(5)13-20)28(35-25)30-19-8-6-15(2)17(4)12-19/h6-13,34H,1-5H3. The van der Waals surface area contributed by atoms with Crippen molar-refractivity contribution in [3.63, 3.8) is 0 Å². The quantitative estimate of drug-likeness (QED) is 0.387. The van der Waals surface area contributed by atoms with E-state index in [0.29, 0.717) is 25.8 Å². The van der Waals surface area contributed by atoms with Gasteiger partial charge in [-0.3, -0.25) is 9.36 Å². The Kier molecular flexibility index (Phi) is 5.85. The number of fused-ring (bicyclic) bond motifs is 1. The molecule has 0 saturated heterocycles. The Bertz CT molecular complexity index is 1750. The Morgan fingerprint density at radius 3 is 2.29 bits per heavy atom. The first-order valence-corrected chi connectivity index (χ1v) is 12.8. The lowest BCUT2D eigenvalue weighted by Gasteiger charge is -2.09. The Morgan fingerprint density at radius 2 is 1.60 bits per heavy atom. The van der Waals surface area contributed by atoms with Gasteiger partial charge in [0.2, 0.25) is 5.88 Å². The first-order chi connectivity index (χ1) is 16.6. The van der Waals surface area contributed by atoms with Crippen molar-refractivity contribution in [2.45, 2.75) is 34.6 Å². The number of halogens is 1. The molecule has 1 aliphatic heterocycles. The van der Waals surface area contributed by atoms with Gasteiger partial charge in [-0.1, -0.05) is 23.5 Å². The molecule has 2 heterocycles. The fourth-order valence-electron chi connectivity index (χ4n) is 4.14. The summed E-state index contributed by atoms with van der Waals surface area (Å²) in [6, 6.07) is 15.9. The smallest absolute Gasteiger partial charge is 0.279 e. The molecule has 5 nitrogen and oxygen atoms in total. The van der Waals surface area contributed by atoms with E-state index in [-0.39, 0.29) is 11.8 Å². The largest absolute Gasteiger partial charge is 0.493 e. The van der Waals surface area contributed by atoms with Crippen molar-refractivity contribution in [3.8, 4) is 11.6 Å². The fraction of sp³-hybridized carbons (Fsp3) is 0.179. The summed E-state index contributed by atoms with van der Waals surface area (Å²) in [5.74, 6) is -0.391. The van der Waals surface area contributed by atoms with E-state index in [1.165, 1.54) is 16.9 Å². The van der Waals surface area contributed by atoms with Crippen LogP contribution in [-0.2, 0) is 4.79 Å². The molecule has 0 radical (unpaired) electrons. The van der Waals surface area contributed by atoms with E-state index in [9.17, 15) is 9.90 Å². The lowest BCUT2D eigenvalue weighted by molar-refractivity contribution is -0.112. The Hall–Kier alpha value is -3.29. The first kappa shape index (κ1) is 23.5. The zero-order valence-electron chi connectivity index (χ0n) is 20.1. The van der Waals surface area contributed by atoms with Crippen molar-refractivity contribution in [2.24, 2.45) is 9.98 Å². The van der Waals surface area contributed by atoms with Crippen LogP contribution in [0.4, 0.5) is 5.69 Å². The van der Waals surface area contributed by atoms with Crippen molar-refractivity contribution >= 4 is 44.4 Å². The summed E-state index contributed by atoms with van der Waals surface area (Å²) in [4.78, 5) is 23.3. The summed E-state index contributed by atoms with van der Waals surface area (Å²) >= 11 is 4.82. The summed E-state index contributed by atoms with van der Waals surface area (Å²) < 4.78 is 2.47. The molecule has 176 valence electrons. The third kappa shape index (κ3) is 4.09. The third-order valence-corrected chi connectivity index (χ3v) is 8.05. The molecule has 1 N–H and O–H groups in total. The molecule has 35 heavy (non-hydrogen) atoms. The fourth-order valence-corrected chi connectivity index (χ4v) is 5.91. The van der Waals surface area contributed by atoms with E-state index < -0.39 is 0 Å². The van der Waals surface area contributed by atoms with Crippen LogP contribution in [0.5, 0.6) is 5.88 Å². The van der Waals surface area contributed by atoms with Gasteiger partial charge in [-0.05, 0) is 115 Å². The lowest BCUT2D eigenvalue weighted by atomic mass is 10.1. The summed E-state index contributed by atoms with van der Waals surface area (Å²) in [6.45, 7) is 10.2. The van der Waals surface area contributed by atoms with Crippen molar-refractivity contribution in [3.05, 3.63) is 101 Å². The zero-order valence-corrected chi connectivity index (χ0v) is 22.5. The van der Waals surface area contributed by atoms with E-state index in [0.717, 1.165) is 38.1 Å². The van der Waals surface area contributed by atoms with Crippen LogP contribution in [0.1, 0.15) is 32.7 Å². The molecule has 0 saturated carbocycles. The highest BCUT2D eigenvalue weighted by molar-refractivity contribution is 9.10. The minimum Gasteiger partial charge on any atom is -0.493 e. The number of amides is 1. The molecule has 0 atom stereocenters. The van der Waals surface area contributed by atoms with Crippen molar-refractivity contribution in [1.82, 2.24) is 4.57 Å². The molecule has 5 rings (SSSR count). The number of hydrogen-bond acceptors (Lipinski definition) is 4. The first-order valence-electron chi connectivity index (χ1n) is 11.2. The van der Waals surface area contributed by atoms with Gasteiger partial charge in [-0.2, -0.15) is 0 Å². The minimum atomic E-state index is -0.368. The van der Waals surface area contributed by atoms with Crippen molar-refractivity contribution in [2.75, 3.05) is 0 Å². The van der Waals surface area contributed by atoms with Gasteiger partial charge in [0, 0.05) is 9.69 Å². The Balaban J connectivity index is 1.86. The van der Waals surface area contributed by atoms with Crippen LogP contribution in [0.15, 0.2) is 63.0 Å². The van der Waals surface area contributed by atoms with Gasteiger partial charge in [-0.25, -0.2) is 9.98 Å². The molecule has 0 aliphatic carbocycles. The van der Waals surface area contributed by atoms with E-state index in [1.54, 1.807) is 4.57 Å². The second kappa shape index (κ2) is 8.73. The van der Waals surface area contributed by atoms with Crippen molar-refractivity contribution < 1.29 is 9.90 Å². The number of carbonyl (C=O) groups is 1. The number of benzene rings is 3.